The smallest absolute Gasteiger partial charge is 0.266 e. The predicted octanol–water partition coefficient (Wildman–Crippen LogP) is 4.45. The molecule has 0 atom stereocenters. The third-order valence-electron chi connectivity index (χ3n) is 3.86. The third-order valence-corrected chi connectivity index (χ3v) is 5.24. The average Bonchev–Trinajstić information content (AvgIpc) is 2.96. The summed E-state index contributed by atoms with van der Waals surface area (Å²) in [6, 6.07) is 9.33. The van der Waals surface area contributed by atoms with Crippen LogP contribution in [0.5, 0.6) is 11.5 Å². The van der Waals surface area contributed by atoms with Crippen LogP contribution in [-0.4, -0.2) is 33.3 Å². The van der Waals surface area contributed by atoms with E-state index in [1.165, 1.54) is 11.8 Å². The molecule has 2 heterocycles. The van der Waals surface area contributed by atoms with Gasteiger partial charge in [-0.3, -0.25) is 14.7 Å². The Balaban J connectivity index is 1.81. The zero-order chi connectivity index (χ0) is 19.9. The van der Waals surface area contributed by atoms with Gasteiger partial charge in [-0.2, -0.15) is 0 Å². The number of aromatic nitrogens is 1. The molecular weight excluding hydrogens is 392 g/mol. The van der Waals surface area contributed by atoms with Crippen molar-refractivity contribution in [2.24, 2.45) is 0 Å². The van der Waals surface area contributed by atoms with Gasteiger partial charge in [0.15, 0.2) is 11.5 Å². The number of ether oxygens (including phenoxy) is 2. The van der Waals surface area contributed by atoms with E-state index in [4.69, 9.17) is 21.7 Å². The first kappa shape index (κ1) is 20.1. The van der Waals surface area contributed by atoms with Gasteiger partial charge in [-0.25, -0.2) is 0 Å². The first-order valence-electron chi connectivity index (χ1n) is 8.77. The van der Waals surface area contributed by atoms with Crippen LogP contribution >= 0.6 is 24.0 Å². The molecule has 5 nitrogen and oxygen atoms in total. The number of hydrogen-bond donors (Lipinski definition) is 0. The second-order valence-corrected chi connectivity index (χ2v) is 7.54. The second-order valence-electron chi connectivity index (χ2n) is 5.87. The van der Waals surface area contributed by atoms with Crippen molar-refractivity contribution >= 4 is 40.3 Å². The van der Waals surface area contributed by atoms with Crippen LogP contribution in [0.15, 0.2) is 60.3 Å². The molecule has 0 N–H and O–H groups in total. The van der Waals surface area contributed by atoms with Crippen LogP contribution in [0.1, 0.15) is 18.1 Å². The highest BCUT2D eigenvalue weighted by molar-refractivity contribution is 8.26. The van der Waals surface area contributed by atoms with Gasteiger partial charge in [-0.15, -0.1) is 0 Å². The van der Waals surface area contributed by atoms with E-state index in [1.807, 2.05) is 43.3 Å². The lowest BCUT2D eigenvalue weighted by molar-refractivity contribution is -0.122. The van der Waals surface area contributed by atoms with Crippen molar-refractivity contribution in [3.63, 3.8) is 0 Å². The fraction of sp³-hybridized carbons (Fsp3) is 0.190. The van der Waals surface area contributed by atoms with E-state index in [9.17, 15) is 4.79 Å². The largest absolute Gasteiger partial charge is 0.490 e. The highest BCUT2D eigenvalue weighted by atomic mass is 32.2. The average molecular weight is 413 g/mol. The Morgan fingerprint density at radius 3 is 2.86 bits per heavy atom. The lowest BCUT2D eigenvalue weighted by Gasteiger charge is -2.14. The summed E-state index contributed by atoms with van der Waals surface area (Å²) in [4.78, 5) is 19.1. The van der Waals surface area contributed by atoms with Crippen molar-refractivity contribution in [3.05, 3.63) is 71.4 Å². The fourth-order valence-electron chi connectivity index (χ4n) is 2.61. The summed E-state index contributed by atoms with van der Waals surface area (Å²) in [5, 5.41) is 0. The first-order chi connectivity index (χ1) is 13.6. The van der Waals surface area contributed by atoms with Crippen LogP contribution in [0.25, 0.3) is 6.08 Å². The molecule has 0 radical (unpaired) electrons. The molecule has 1 saturated heterocycles. The molecule has 28 heavy (non-hydrogen) atoms. The van der Waals surface area contributed by atoms with E-state index < -0.39 is 0 Å². The summed E-state index contributed by atoms with van der Waals surface area (Å²) >= 11 is 6.70. The Kier molecular flexibility index (Phi) is 6.84. The van der Waals surface area contributed by atoms with Gasteiger partial charge in [0.05, 0.1) is 18.1 Å². The van der Waals surface area contributed by atoms with Gasteiger partial charge in [0.1, 0.15) is 10.9 Å². The van der Waals surface area contributed by atoms with E-state index in [2.05, 4.69) is 11.6 Å². The molecule has 1 aliphatic rings. The Morgan fingerprint density at radius 2 is 2.14 bits per heavy atom. The van der Waals surface area contributed by atoms with Gasteiger partial charge in [-0.1, -0.05) is 48.8 Å². The molecule has 1 amide bonds. The van der Waals surface area contributed by atoms with Crippen LogP contribution in [0, 0.1) is 0 Å². The highest BCUT2D eigenvalue weighted by Crippen LogP contribution is 2.35. The van der Waals surface area contributed by atoms with Crippen LogP contribution < -0.4 is 9.47 Å². The van der Waals surface area contributed by atoms with Gasteiger partial charge in [0, 0.05) is 12.4 Å². The Hall–Kier alpha value is -2.64. The number of carbonyl (C=O) groups excluding carboxylic acids is 1. The van der Waals surface area contributed by atoms with E-state index in [-0.39, 0.29) is 5.91 Å². The Morgan fingerprint density at radius 1 is 1.29 bits per heavy atom. The summed E-state index contributed by atoms with van der Waals surface area (Å²) in [5.41, 5.74) is 1.78. The molecule has 0 unspecified atom stereocenters. The minimum Gasteiger partial charge on any atom is -0.490 e. The summed E-state index contributed by atoms with van der Waals surface area (Å²) in [7, 11) is 0. The zero-order valence-corrected chi connectivity index (χ0v) is 17.1. The van der Waals surface area contributed by atoms with Crippen molar-refractivity contribution in [3.8, 4) is 11.5 Å². The highest BCUT2D eigenvalue weighted by Gasteiger charge is 2.32. The first-order valence-corrected chi connectivity index (χ1v) is 9.99. The van der Waals surface area contributed by atoms with Gasteiger partial charge < -0.3 is 9.47 Å². The molecule has 1 aromatic heterocycles. The fourth-order valence-corrected chi connectivity index (χ4v) is 3.87. The van der Waals surface area contributed by atoms with E-state index in [1.54, 1.807) is 23.4 Å². The maximum Gasteiger partial charge on any atom is 0.266 e. The van der Waals surface area contributed by atoms with E-state index in [0.717, 1.165) is 11.1 Å². The van der Waals surface area contributed by atoms with E-state index >= 15 is 0 Å². The van der Waals surface area contributed by atoms with Crippen LogP contribution in [0.2, 0.25) is 0 Å². The minimum atomic E-state index is -0.108. The number of amides is 1. The van der Waals surface area contributed by atoms with Crippen LogP contribution in [0.4, 0.5) is 0 Å². The number of nitrogens with zero attached hydrogens (tertiary/aromatic N) is 2. The van der Waals surface area contributed by atoms with Gasteiger partial charge >= 0.3 is 0 Å². The molecule has 0 spiro atoms. The SMILES string of the molecule is C=CCOc1ccc(/C=C2\SC(=S)N(Cc3cccnc3)C2=O)cc1OCC. The van der Waals surface area contributed by atoms with Gasteiger partial charge in [0.25, 0.3) is 5.91 Å². The lowest BCUT2D eigenvalue weighted by Crippen LogP contribution is -2.27. The summed E-state index contributed by atoms with van der Waals surface area (Å²) in [6.07, 6.45) is 6.93. The topological polar surface area (TPSA) is 51.7 Å². The zero-order valence-electron chi connectivity index (χ0n) is 15.5. The number of thioether (sulfide) groups is 1. The molecule has 1 aliphatic heterocycles. The lowest BCUT2D eigenvalue weighted by atomic mass is 10.1. The number of pyridine rings is 1. The van der Waals surface area contributed by atoms with Gasteiger partial charge in [-0.05, 0) is 42.3 Å². The molecule has 1 aromatic carbocycles. The number of hydrogen-bond acceptors (Lipinski definition) is 6. The molecule has 144 valence electrons. The quantitative estimate of drug-likeness (QED) is 0.363. The molecule has 0 saturated carbocycles. The normalized spacial score (nSPS) is 15.2. The third kappa shape index (κ3) is 4.79. The van der Waals surface area contributed by atoms with Crippen molar-refractivity contribution in [2.75, 3.05) is 13.2 Å². The number of thiocarbonyl (C=S) groups is 1. The number of benzene rings is 1. The van der Waals surface area contributed by atoms with Crippen LogP contribution in [-0.2, 0) is 11.3 Å². The maximum absolute atomic E-state index is 12.8. The Labute approximate surface area is 174 Å². The molecule has 1 fully saturated rings. The van der Waals surface area contributed by atoms with Crippen molar-refractivity contribution in [1.82, 2.24) is 9.88 Å². The Bertz CT molecular complexity index is 913. The monoisotopic (exact) mass is 412 g/mol. The van der Waals surface area contributed by atoms with Crippen molar-refractivity contribution in [2.45, 2.75) is 13.5 Å². The summed E-state index contributed by atoms with van der Waals surface area (Å²) < 4.78 is 11.8. The van der Waals surface area contributed by atoms with Crippen LogP contribution in [0.3, 0.4) is 0 Å². The van der Waals surface area contributed by atoms with Gasteiger partial charge in [0.2, 0.25) is 0 Å². The summed E-state index contributed by atoms with van der Waals surface area (Å²) in [6.45, 7) is 6.89. The molecule has 0 aliphatic carbocycles. The molecular formula is C21H20N2O3S2. The number of carbonyl (C=O) groups is 1. The minimum absolute atomic E-state index is 0.108. The molecule has 3 rings (SSSR count). The van der Waals surface area contributed by atoms with Crippen molar-refractivity contribution < 1.29 is 14.3 Å². The standard InChI is InChI=1S/C21H20N2O3S2/c1-3-10-26-17-8-7-15(11-18(17)25-4-2)12-19-20(24)23(21(27)28-19)14-16-6-5-9-22-13-16/h3,5-9,11-13H,1,4,10,14H2,2H3/b19-12-. The molecule has 0 bridgehead atoms. The van der Waals surface area contributed by atoms with Crippen molar-refractivity contribution in [1.29, 1.82) is 0 Å². The number of rotatable bonds is 8. The summed E-state index contributed by atoms with van der Waals surface area (Å²) in [5.74, 6) is 1.16. The molecule has 7 heteroatoms. The molecule has 2 aromatic rings. The van der Waals surface area contributed by atoms with E-state index in [0.29, 0.717) is 40.5 Å². The maximum atomic E-state index is 12.8. The predicted molar refractivity (Wildman–Crippen MR) is 116 cm³/mol. The second kappa shape index (κ2) is 9.52.